The summed E-state index contributed by atoms with van der Waals surface area (Å²) in [6, 6.07) is 13.0. The molecule has 3 saturated heterocycles. The van der Waals surface area contributed by atoms with Crippen LogP contribution in [0.15, 0.2) is 72.2 Å². The number of β-amino-alcohol motifs (C(OH)–C–C–N with tert-alkyl or cyclic N) is 1. The van der Waals surface area contributed by atoms with Crippen LogP contribution in [-0.4, -0.2) is 137 Å². The molecule has 25 heteroatoms. The minimum Gasteiger partial charge on any atom is -0.490 e. The quantitative estimate of drug-likeness (QED) is 0.0353. The molecule has 3 aliphatic heterocycles. The average molecular weight is 1210 g/mol. The third kappa shape index (κ3) is 15.3. The van der Waals surface area contributed by atoms with Gasteiger partial charge in [0.05, 0.1) is 39.3 Å². The number of hydrogen-bond donors (Lipinski definition) is 9. The van der Waals surface area contributed by atoms with Gasteiger partial charge in [0, 0.05) is 48.3 Å². The maximum Gasteiger partial charge on any atom is 0.396 e. The number of carbonyl (C=O) groups is 8. The molecule has 84 heavy (non-hydrogen) atoms. The van der Waals surface area contributed by atoms with Crippen molar-refractivity contribution in [2.45, 2.75) is 160 Å². The van der Waals surface area contributed by atoms with Gasteiger partial charge in [-0.25, -0.2) is 4.98 Å². The first-order chi connectivity index (χ1) is 39.8. The van der Waals surface area contributed by atoms with E-state index in [1.165, 1.54) is 29.2 Å². The van der Waals surface area contributed by atoms with Crippen LogP contribution >= 0.6 is 30.5 Å². The summed E-state index contributed by atoms with van der Waals surface area (Å²) in [6.45, 7) is 9.04. The predicted octanol–water partition coefficient (Wildman–Crippen LogP) is 6.13. The first-order valence-corrected chi connectivity index (χ1v) is 31.1. The van der Waals surface area contributed by atoms with Crippen molar-refractivity contribution in [3.8, 4) is 16.2 Å². The number of likely N-dealkylation sites (tertiary alicyclic amines) is 1. The van der Waals surface area contributed by atoms with Crippen LogP contribution in [0.3, 0.4) is 0 Å². The molecule has 8 rings (SSSR count). The summed E-state index contributed by atoms with van der Waals surface area (Å²) < 4.78 is 17.8. The van der Waals surface area contributed by atoms with Crippen molar-refractivity contribution in [1.82, 2.24) is 41.0 Å². The summed E-state index contributed by atoms with van der Waals surface area (Å²) in [5.74, 6) is -3.17. The number of halogens is 1. The van der Waals surface area contributed by atoms with E-state index < -0.39 is 102 Å². The first-order valence-electron chi connectivity index (χ1n) is 28.2. The number of rotatable bonds is 22. The van der Waals surface area contributed by atoms with E-state index in [9.17, 15) is 57.8 Å². The number of fused-ring (bicyclic) bond motifs is 2. The maximum atomic E-state index is 14.4. The van der Waals surface area contributed by atoms with Gasteiger partial charge in [0.15, 0.2) is 0 Å². The Morgan fingerprint density at radius 3 is 2.35 bits per heavy atom. The van der Waals surface area contributed by atoms with E-state index in [4.69, 9.17) is 22.1 Å². The number of thiazole rings is 1. The number of ether oxygens (including phenoxy) is 1. The zero-order chi connectivity index (χ0) is 60.8. The highest BCUT2D eigenvalue weighted by Gasteiger charge is 2.46. The van der Waals surface area contributed by atoms with Crippen molar-refractivity contribution in [3.05, 3.63) is 105 Å². The topological polar surface area (TPSA) is 333 Å². The molecule has 3 fully saturated rings. The van der Waals surface area contributed by atoms with Gasteiger partial charge in [-0.1, -0.05) is 81.6 Å². The maximum absolute atomic E-state index is 14.4. The summed E-state index contributed by atoms with van der Waals surface area (Å²) in [6.07, 6.45) is 2.99. The van der Waals surface area contributed by atoms with Gasteiger partial charge in [-0.15, -0.1) is 11.3 Å². The van der Waals surface area contributed by atoms with E-state index in [1.54, 1.807) is 39.9 Å². The fraction of sp³-hybridized carbons (Fsp3) is 0.475. The van der Waals surface area contributed by atoms with Crippen LogP contribution in [0.5, 0.6) is 5.75 Å². The van der Waals surface area contributed by atoms with Gasteiger partial charge in [-0.05, 0) is 111 Å². The Morgan fingerprint density at radius 2 is 1.65 bits per heavy atom. The normalized spacial score (nSPS) is 20.2. The number of aromatic amines is 1. The second-order valence-corrected chi connectivity index (χ2v) is 25.9. The lowest BCUT2D eigenvalue weighted by atomic mass is 9.85. The first kappa shape index (κ1) is 63.0. The standard InChI is InChI=1S/C59H73ClN9O13PS/c1-32(34-16-18-36(19-17-34)51-33(2)62-31-84-51)63-55(75)46-28-41(70)29-68(46)57(77)52(59(3,4)5)67-49(72)15-9-11-35-10-8-14-47(50(35)60)82-30-39(21-25-48(61)71)64-54(74)45-24-22-40-12-6-7-13-43(56(76)69(40)45)66-53(73)44-27-38-26-37(20-23-42(38)65-44)58(78)83(79,80)81/h8,10,14,16-20,23,26-27,31-32,39-41,43,45-46,52,65,70H,6-7,9,11-13,15,21-22,24-25,28-30H2,1-5H3,(H2,61,71)(H,63,75)(H,64,74)(H,66,73)(H,67,72)(H2,79,80,81)/t32-,39-,40-,41+,43-,45-,46-,52+/m0/s1. The summed E-state index contributed by atoms with van der Waals surface area (Å²) in [7, 11) is -5.05. The Morgan fingerprint density at radius 1 is 0.929 bits per heavy atom. The third-order valence-corrected chi connectivity index (χ3v) is 18.0. The highest BCUT2D eigenvalue weighted by atomic mass is 35.5. The number of carbonyl (C=O) groups excluding carboxylic acids is 8. The number of aliphatic hydroxyl groups excluding tert-OH is 1. The molecule has 0 spiro atoms. The minimum atomic E-state index is -5.05. The van der Waals surface area contributed by atoms with Crippen molar-refractivity contribution < 1.29 is 62.6 Å². The third-order valence-electron chi connectivity index (χ3n) is 15.8. The lowest BCUT2D eigenvalue weighted by Crippen LogP contribution is -2.57. The molecular weight excluding hydrogens is 1140 g/mol. The van der Waals surface area contributed by atoms with Crippen LogP contribution in [0.4, 0.5) is 0 Å². The SMILES string of the molecule is Cc1ncsc1-c1ccc([C@H](C)NC(=O)[C@@H]2C[C@@H](O)CN2C(=O)[C@@H](NC(=O)CCCc2cccc(OC[C@H](CCC(N)=O)NC(=O)[C@@H]3CC[C@@H]4CCCC[C@H](NC(=O)c5cc6cc(C(=O)P(=O)(O)O)ccc6[nH]5)C(=O)N43)c2Cl)C(C)(C)C)cc1. The molecule has 0 unspecified atom stereocenters. The number of aromatic nitrogens is 2. The van der Waals surface area contributed by atoms with Crippen LogP contribution < -0.4 is 31.7 Å². The fourth-order valence-corrected chi connectivity index (χ4v) is 12.8. The van der Waals surface area contributed by atoms with Crippen LogP contribution in [0, 0.1) is 12.3 Å². The molecule has 0 radical (unpaired) electrons. The molecule has 0 aliphatic carbocycles. The zero-order valence-electron chi connectivity index (χ0n) is 47.5. The minimum absolute atomic E-state index is 0.0171. The number of aliphatic hydroxyl groups is 1. The number of aryl methyl sites for hydroxylation is 2. The molecule has 22 nitrogen and oxygen atoms in total. The van der Waals surface area contributed by atoms with Crippen molar-refractivity contribution in [1.29, 1.82) is 0 Å². The number of nitrogens with zero attached hydrogens (tertiary/aromatic N) is 3. The number of H-pyrrole nitrogens is 1. The Balaban J connectivity index is 0.851. The molecule has 450 valence electrons. The Kier molecular flexibility index (Phi) is 20.2. The number of nitrogens with one attached hydrogen (secondary N) is 5. The smallest absolute Gasteiger partial charge is 0.396 e. The molecule has 5 aromatic rings. The molecule has 3 aliphatic rings. The van der Waals surface area contributed by atoms with E-state index in [2.05, 4.69) is 31.2 Å². The highest BCUT2D eigenvalue weighted by Crippen LogP contribution is 2.40. The second kappa shape index (κ2) is 26.9. The van der Waals surface area contributed by atoms with Gasteiger partial charge >= 0.3 is 7.60 Å². The summed E-state index contributed by atoms with van der Waals surface area (Å²) in [4.78, 5) is 138. The lowest BCUT2D eigenvalue weighted by molar-refractivity contribution is -0.144. The Hall–Kier alpha value is -7.01. The number of amides is 7. The molecular formula is C59H73ClN9O13PS. The zero-order valence-corrected chi connectivity index (χ0v) is 50.0. The van der Waals surface area contributed by atoms with Gasteiger partial charge in [0.25, 0.3) is 11.4 Å². The Bertz CT molecular complexity index is 3340. The van der Waals surface area contributed by atoms with Gasteiger partial charge in [0.2, 0.25) is 35.4 Å². The summed E-state index contributed by atoms with van der Waals surface area (Å²) in [5, 5.41) is 23.1. The molecule has 3 aromatic carbocycles. The average Bonchev–Trinajstić information content (AvgIpc) is 3.34. The Labute approximate surface area is 495 Å². The van der Waals surface area contributed by atoms with Gasteiger partial charge in [-0.2, -0.15) is 0 Å². The van der Waals surface area contributed by atoms with E-state index in [0.29, 0.717) is 61.4 Å². The highest BCUT2D eigenvalue weighted by molar-refractivity contribution is 7.70. The summed E-state index contributed by atoms with van der Waals surface area (Å²) in [5.41, 5.74) is 8.91. The van der Waals surface area contributed by atoms with Crippen LogP contribution in [-0.2, 0) is 39.8 Å². The molecule has 7 amide bonds. The fourth-order valence-electron chi connectivity index (χ4n) is 11.3. The molecule has 10 N–H and O–H groups in total. The molecule has 5 heterocycles. The predicted molar refractivity (Wildman–Crippen MR) is 315 cm³/mol. The van der Waals surface area contributed by atoms with Crippen LogP contribution in [0.2, 0.25) is 5.02 Å². The molecule has 0 bridgehead atoms. The van der Waals surface area contributed by atoms with Crippen molar-refractivity contribution >= 4 is 88.3 Å². The number of benzene rings is 3. The second-order valence-electron chi connectivity index (χ2n) is 23.1. The lowest BCUT2D eigenvalue weighted by Gasteiger charge is -2.35. The van der Waals surface area contributed by atoms with Gasteiger partial charge in [-0.3, -0.25) is 42.9 Å². The largest absolute Gasteiger partial charge is 0.490 e. The van der Waals surface area contributed by atoms with E-state index in [-0.39, 0.29) is 66.9 Å². The molecule has 2 aromatic heterocycles. The summed E-state index contributed by atoms with van der Waals surface area (Å²) >= 11 is 8.46. The van der Waals surface area contributed by atoms with Crippen molar-refractivity contribution in [2.24, 2.45) is 11.1 Å². The van der Waals surface area contributed by atoms with E-state index in [1.807, 2.05) is 58.9 Å². The van der Waals surface area contributed by atoms with Crippen LogP contribution in [0.1, 0.15) is 142 Å². The number of nitrogens with two attached hydrogens (primary N) is 1. The van der Waals surface area contributed by atoms with E-state index >= 15 is 0 Å². The van der Waals surface area contributed by atoms with Gasteiger partial charge in [0.1, 0.15) is 42.2 Å². The van der Waals surface area contributed by atoms with Crippen LogP contribution in [0.25, 0.3) is 21.3 Å². The van der Waals surface area contributed by atoms with Gasteiger partial charge < -0.3 is 61.4 Å². The number of primary amides is 1. The molecule has 8 atom stereocenters. The monoisotopic (exact) mass is 1210 g/mol. The number of hydrogen-bond acceptors (Lipinski definition) is 13. The van der Waals surface area contributed by atoms with Crippen molar-refractivity contribution in [3.63, 3.8) is 0 Å². The van der Waals surface area contributed by atoms with Crippen molar-refractivity contribution in [2.75, 3.05) is 13.2 Å². The van der Waals surface area contributed by atoms with E-state index in [0.717, 1.165) is 28.1 Å². The molecule has 0 saturated carbocycles.